The van der Waals surface area contributed by atoms with Crippen LogP contribution < -0.4 is 10.1 Å². The summed E-state index contributed by atoms with van der Waals surface area (Å²) in [5.74, 6) is 0.390. The summed E-state index contributed by atoms with van der Waals surface area (Å²) >= 11 is 0. The number of allylic oxidation sites excluding steroid dienone is 1. The van der Waals surface area contributed by atoms with Gasteiger partial charge in [0.15, 0.2) is 5.69 Å². The van der Waals surface area contributed by atoms with Crippen LogP contribution in [0, 0.1) is 0 Å². The van der Waals surface area contributed by atoms with E-state index in [1.807, 2.05) is 51.1 Å². The van der Waals surface area contributed by atoms with E-state index in [1.54, 1.807) is 23.0 Å². The number of hydrogen-bond acceptors (Lipinski definition) is 5. The molecule has 0 aliphatic carbocycles. The molecule has 27 heavy (non-hydrogen) atoms. The molecule has 0 radical (unpaired) electrons. The molecule has 0 saturated carbocycles. The van der Waals surface area contributed by atoms with Gasteiger partial charge in [0, 0.05) is 17.9 Å². The number of nitrogens with one attached hydrogen (secondary N) is 1. The number of ether oxygens (including phenoxy) is 1. The van der Waals surface area contributed by atoms with E-state index in [9.17, 15) is 4.79 Å². The largest absolute Gasteiger partial charge is 0.424 e. The number of aromatic nitrogens is 4. The van der Waals surface area contributed by atoms with Crippen LogP contribution in [0.25, 0.3) is 17.1 Å². The third-order valence-corrected chi connectivity index (χ3v) is 3.57. The van der Waals surface area contributed by atoms with Crippen molar-refractivity contribution in [2.75, 3.05) is 0 Å². The Hall–Kier alpha value is -3.48. The van der Waals surface area contributed by atoms with Crippen LogP contribution in [0.4, 0.5) is 0 Å². The second-order valence-electron chi connectivity index (χ2n) is 6.33. The van der Waals surface area contributed by atoms with Gasteiger partial charge in [-0.25, -0.2) is 9.67 Å². The Kier molecular flexibility index (Phi) is 5.30. The second kappa shape index (κ2) is 7.82. The molecule has 138 valence electrons. The third-order valence-electron chi connectivity index (χ3n) is 3.57. The molecule has 3 aromatic rings. The lowest BCUT2D eigenvalue weighted by atomic mass is 10.2. The predicted octanol–water partition coefficient (Wildman–Crippen LogP) is 3.76. The maximum absolute atomic E-state index is 12.3. The molecular formula is C20H21N5O2. The van der Waals surface area contributed by atoms with Gasteiger partial charge in [0.2, 0.25) is 0 Å². The average Bonchev–Trinajstić information content (AvgIpc) is 3.08. The minimum absolute atomic E-state index is 0.0147. The van der Waals surface area contributed by atoms with Crippen molar-refractivity contribution < 1.29 is 9.53 Å². The van der Waals surface area contributed by atoms with Crippen molar-refractivity contribution in [3.63, 3.8) is 0 Å². The van der Waals surface area contributed by atoms with Crippen LogP contribution in [-0.4, -0.2) is 31.7 Å². The van der Waals surface area contributed by atoms with Crippen LogP contribution in [0.2, 0.25) is 0 Å². The Morgan fingerprint density at radius 3 is 2.63 bits per heavy atom. The van der Waals surface area contributed by atoms with Crippen LogP contribution in [0.3, 0.4) is 0 Å². The lowest BCUT2D eigenvalue weighted by Crippen LogP contribution is -2.30. The van der Waals surface area contributed by atoms with Crippen molar-refractivity contribution in [2.45, 2.75) is 26.8 Å². The van der Waals surface area contributed by atoms with E-state index in [-0.39, 0.29) is 18.0 Å². The average molecular weight is 363 g/mol. The van der Waals surface area contributed by atoms with Gasteiger partial charge in [-0.3, -0.25) is 4.79 Å². The summed E-state index contributed by atoms with van der Waals surface area (Å²) < 4.78 is 7.28. The van der Waals surface area contributed by atoms with E-state index in [2.05, 4.69) is 27.0 Å². The zero-order valence-electron chi connectivity index (χ0n) is 15.5. The SMILES string of the molecule is C=C(C)n1nc(C(=O)NC(C)C)cc1-c1ccnc(Oc2ccccc2)n1. The molecule has 0 spiro atoms. The Labute approximate surface area is 157 Å². The number of hydrogen-bond donors (Lipinski definition) is 1. The van der Waals surface area contributed by atoms with E-state index in [0.29, 0.717) is 28.5 Å². The molecule has 2 aromatic heterocycles. The summed E-state index contributed by atoms with van der Waals surface area (Å²) in [6.45, 7) is 9.53. The fourth-order valence-corrected chi connectivity index (χ4v) is 2.43. The van der Waals surface area contributed by atoms with Crippen LogP contribution >= 0.6 is 0 Å². The van der Waals surface area contributed by atoms with Gasteiger partial charge in [0.1, 0.15) is 5.75 Å². The monoisotopic (exact) mass is 363 g/mol. The van der Waals surface area contributed by atoms with Gasteiger partial charge in [0.25, 0.3) is 5.91 Å². The summed E-state index contributed by atoms with van der Waals surface area (Å²) in [7, 11) is 0. The van der Waals surface area contributed by atoms with Crippen molar-refractivity contribution in [2.24, 2.45) is 0 Å². The molecule has 0 aliphatic rings. The van der Waals surface area contributed by atoms with Crippen molar-refractivity contribution in [3.8, 4) is 23.1 Å². The standard InChI is InChI=1S/C20H21N5O2/c1-13(2)22-19(26)17-12-18(25(24-17)14(3)4)16-10-11-21-20(23-16)27-15-8-6-5-7-9-15/h5-13H,3H2,1-2,4H3,(H,22,26). The highest BCUT2D eigenvalue weighted by Gasteiger charge is 2.18. The molecule has 1 N–H and O–H groups in total. The molecule has 7 heteroatoms. The minimum Gasteiger partial charge on any atom is -0.424 e. The van der Waals surface area contributed by atoms with Crippen LogP contribution in [0.15, 0.2) is 55.2 Å². The van der Waals surface area contributed by atoms with Gasteiger partial charge in [-0.1, -0.05) is 24.8 Å². The highest BCUT2D eigenvalue weighted by atomic mass is 16.5. The normalized spacial score (nSPS) is 10.7. The van der Waals surface area contributed by atoms with E-state index in [0.717, 1.165) is 0 Å². The lowest BCUT2D eigenvalue weighted by molar-refractivity contribution is 0.0937. The number of benzene rings is 1. The number of para-hydroxylation sites is 1. The van der Waals surface area contributed by atoms with Gasteiger partial charge < -0.3 is 10.1 Å². The molecule has 2 heterocycles. The number of carbonyl (C=O) groups excluding carboxylic acids is 1. The smallest absolute Gasteiger partial charge is 0.322 e. The molecule has 0 fully saturated rings. The molecule has 7 nitrogen and oxygen atoms in total. The molecule has 0 atom stereocenters. The molecular weight excluding hydrogens is 342 g/mol. The van der Waals surface area contributed by atoms with Crippen molar-refractivity contribution in [3.05, 3.63) is 60.9 Å². The highest BCUT2D eigenvalue weighted by molar-refractivity contribution is 5.93. The van der Waals surface area contributed by atoms with Gasteiger partial charge >= 0.3 is 6.01 Å². The molecule has 1 amide bonds. The predicted molar refractivity (Wildman–Crippen MR) is 103 cm³/mol. The second-order valence-corrected chi connectivity index (χ2v) is 6.33. The minimum atomic E-state index is -0.249. The first kappa shape index (κ1) is 18.3. The summed E-state index contributed by atoms with van der Waals surface area (Å²) in [6, 6.07) is 12.9. The number of rotatable bonds is 6. The van der Waals surface area contributed by atoms with Crippen molar-refractivity contribution >= 4 is 11.6 Å². The summed E-state index contributed by atoms with van der Waals surface area (Å²) in [5, 5.41) is 7.19. The van der Waals surface area contributed by atoms with Gasteiger partial charge in [0.05, 0.1) is 11.4 Å². The molecule has 0 saturated heterocycles. The van der Waals surface area contributed by atoms with E-state index in [4.69, 9.17) is 4.74 Å². The van der Waals surface area contributed by atoms with Gasteiger partial charge in [-0.2, -0.15) is 10.1 Å². The Bertz CT molecular complexity index is 964. The Balaban J connectivity index is 1.95. The zero-order valence-corrected chi connectivity index (χ0v) is 15.5. The van der Waals surface area contributed by atoms with Crippen molar-refractivity contribution in [1.82, 2.24) is 25.1 Å². The molecule has 3 rings (SSSR count). The summed E-state index contributed by atoms with van der Waals surface area (Å²) in [4.78, 5) is 20.9. The molecule has 0 unspecified atom stereocenters. The number of amides is 1. The molecule has 0 aliphatic heterocycles. The quantitative estimate of drug-likeness (QED) is 0.721. The first-order chi connectivity index (χ1) is 12.9. The van der Waals surface area contributed by atoms with Crippen LogP contribution in [0.5, 0.6) is 11.8 Å². The lowest BCUT2D eigenvalue weighted by Gasteiger charge is -2.07. The van der Waals surface area contributed by atoms with Gasteiger partial charge in [-0.15, -0.1) is 0 Å². The first-order valence-electron chi connectivity index (χ1n) is 8.57. The van der Waals surface area contributed by atoms with Crippen LogP contribution in [0.1, 0.15) is 31.3 Å². The van der Waals surface area contributed by atoms with Crippen LogP contribution in [-0.2, 0) is 0 Å². The van der Waals surface area contributed by atoms with E-state index >= 15 is 0 Å². The summed E-state index contributed by atoms with van der Waals surface area (Å²) in [6.07, 6.45) is 1.60. The van der Waals surface area contributed by atoms with E-state index < -0.39 is 0 Å². The number of carbonyl (C=O) groups is 1. The fraction of sp³-hybridized carbons (Fsp3) is 0.200. The van der Waals surface area contributed by atoms with Crippen molar-refractivity contribution in [1.29, 1.82) is 0 Å². The summed E-state index contributed by atoms with van der Waals surface area (Å²) in [5.41, 5.74) is 2.18. The van der Waals surface area contributed by atoms with Gasteiger partial charge in [-0.05, 0) is 45.0 Å². The fourth-order valence-electron chi connectivity index (χ4n) is 2.43. The highest BCUT2D eigenvalue weighted by Crippen LogP contribution is 2.24. The number of nitrogens with zero attached hydrogens (tertiary/aromatic N) is 4. The third kappa shape index (κ3) is 4.38. The zero-order chi connectivity index (χ0) is 19.4. The molecule has 1 aromatic carbocycles. The topological polar surface area (TPSA) is 81.9 Å². The maximum atomic E-state index is 12.3. The molecule has 0 bridgehead atoms. The first-order valence-corrected chi connectivity index (χ1v) is 8.57. The van der Waals surface area contributed by atoms with E-state index in [1.165, 1.54) is 0 Å². The Morgan fingerprint density at radius 1 is 1.22 bits per heavy atom. The Morgan fingerprint density at radius 2 is 1.96 bits per heavy atom. The maximum Gasteiger partial charge on any atom is 0.322 e.